The molecule has 0 aliphatic carbocycles. The number of amides is 1. The number of carbonyl (C=O) groups is 1. The number of nitrogens with zero attached hydrogens (tertiary/aromatic N) is 1. The summed E-state index contributed by atoms with van der Waals surface area (Å²) in [5, 5.41) is 13.9. The maximum atomic E-state index is 12.0. The van der Waals surface area contributed by atoms with Crippen molar-refractivity contribution in [2.45, 2.75) is 13.8 Å². The van der Waals surface area contributed by atoms with Crippen LogP contribution < -0.4 is 10.2 Å². The monoisotopic (exact) mass is 298 g/mol. The Bertz CT molecular complexity index is 706. The number of carbonyl (C=O) groups excluding carboxylic acids is 1. The van der Waals surface area contributed by atoms with Crippen molar-refractivity contribution in [3.63, 3.8) is 0 Å². The van der Waals surface area contributed by atoms with Crippen LogP contribution in [0.1, 0.15) is 28.4 Å². The first kappa shape index (κ1) is 15.6. The molecule has 5 heteroatoms. The maximum Gasteiger partial charge on any atom is 0.271 e. The number of hydrogen-bond donors (Lipinski definition) is 2. The van der Waals surface area contributed by atoms with Gasteiger partial charge in [-0.25, -0.2) is 5.43 Å². The molecule has 0 spiro atoms. The van der Waals surface area contributed by atoms with E-state index in [-0.39, 0.29) is 11.7 Å². The lowest BCUT2D eigenvalue weighted by molar-refractivity contribution is 0.0955. The van der Waals surface area contributed by atoms with Gasteiger partial charge in [-0.15, -0.1) is 0 Å². The van der Waals surface area contributed by atoms with E-state index in [0.29, 0.717) is 22.6 Å². The van der Waals surface area contributed by atoms with Crippen molar-refractivity contribution in [2.24, 2.45) is 5.10 Å². The summed E-state index contributed by atoms with van der Waals surface area (Å²) in [5.41, 5.74) is 5.08. The predicted octanol–water partition coefficient (Wildman–Crippen LogP) is 2.86. The predicted molar refractivity (Wildman–Crippen MR) is 85.5 cm³/mol. The quantitative estimate of drug-likeness (QED) is 0.673. The molecule has 1 amide bonds. The van der Waals surface area contributed by atoms with Gasteiger partial charge in [0, 0.05) is 11.1 Å². The SMILES string of the molecule is COc1ccc(C(=O)NN=C(C)c2cc(C)ccc2O)cc1. The molecule has 2 aromatic carbocycles. The van der Waals surface area contributed by atoms with E-state index in [1.54, 1.807) is 44.4 Å². The summed E-state index contributed by atoms with van der Waals surface area (Å²) >= 11 is 0. The zero-order valence-electron chi connectivity index (χ0n) is 12.8. The number of ether oxygens (including phenoxy) is 1. The van der Waals surface area contributed by atoms with E-state index in [9.17, 15) is 9.90 Å². The third kappa shape index (κ3) is 3.63. The molecule has 0 saturated heterocycles. The maximum absolute atomic E-state index is 12.0. The van der Waals surface area contributed by atoms with E-state index >= 15 is 0 Å². The Morgan fingerprint density at radius 1 is 1.18 bits per heavy atom. The second-order valence-corrected chi connectivity index (χ2v) is 4.89. The van der Waals surface area contributed by atoms with Crippen molar-refractivity contribution in [3.8, 4) is 11.5 Å². The average Bonchev–Trinajstić information content (AvgIpc) is 2.54. The van der Waals surface area contributed by atoms with Crippen LogP contribution in [0.25, 0.3) is 0 Å². The number of phenols is 1. The first-order valence-electron chi connectivity index (χ1n) is 6.80. The Morgan fingerprint density at radius 3 is 2.50 bits per heavy atom. The number of aryl methyl sites for hydroxylation is 1. The van der Waals surface area contributed by atoms with Crippen molar-refractivity contribution >= 4 is 11.6 Å². The Hall–Kier alpha value is -2.82. The number of hydrogen-bond acceptors (Lipinski definition) is 4. The molecule has 0 aliphatic heterocycles. The molecule has 0 aromatic heterocycles. The summed E-state index contributed by atoms with van der Waals surface area (Å²) in [5.74, 6) is 0.487. The van der Waals surface area contributed by atoms with Gasteiger partial charge in [-0.2, -0.15) is 5.10 Å². The molecule has 22 heavy (non-hydrogen) atoms. The smallest absolute Gasteiger partial charge is 0.271 e. The molecule has 2 aromatic rings. The molecule has 0 aliphatic rings. The number of hydrazone groups is 1. The lowest BCUT2D eigenvalue weighted by Gasteiger charge is -2.06. The number of aromatic hydroxyl groups is 1. The normalized spacial score (nSPS) is 11.1. The zero-order valence-corrected chi connectivity index (χ0v) is 12.8. The van der Waals surface area contributed by atoms with Gasteiger partial charge >= 0.3 is 0 Å². The van der Waals surface area contributed by atoms with Crippen LogP contribution in [0.4, 0.5) is 0 Å². The van der Waals surface area contributed by atoms with Gasteiger partial charge in [-0.05, 0) is 50.2 Å². The van der Waals surface area contributed by atoms with Crippen molar-refractivity contribution in [2.75, 3.05) is 7.11 Å². The molecule has 5 nitrogen and oxygen atoms in total. The standard InChI is InChI=1S/C17H18N2O3/c1-11-4-9-16(20)15(10-11)12(2)18-19-17(21)13-5-7-14(22-3)8-6-13/h4-10,20H,1-3H3,(H,19,21). The Morgan fingerprint density at radius 2 is 1.86 bits per heavy atom. The van der Waals surface area contributed by atoms with Crippen molar-refractivity contribution in [1.82, 2.24) is 5.43 Å². The third-order valence-corrected chi connectivity index (χ3v) is 3.22. The topological polar surface area (TPSA) is 70.9 Å². The molecule has 0 atom stereocenters. The fourth-order valence-electron chi connectivity index (χ4n) is 1.94. The van der Waals surface area contributed by atoms with Gasteiger partial charge in [0.2, 0.25) is 0 Å². The largest absolute Gasteiger partial charge is 0.507 e. The Labute approximate surface area is 129 Å². The van der Waals surface area contributed by atoms with Crippen molar-refractivity contribution in [1.29, 1.82) is 0 Å². The van der Waals surface area contributed by atoms with E-state index < -0.39 is 0 Å². The highest BCUT2D eigenvalue weighted by molar-refractivity contribution is 6.02. The number of phenolic OH excluding ortho intramolecular Hbond substituents is 1. The number of benzene rings is 2. The van der Waals surface area contributed by atoms with Crippen LogP contribution in [0, 0.1) is 6.92 Å². The van der Waals surface area contributed by atoms with Gasteiger partial charge in [-0.3, -0.25) is 4.79 Å². The molecule has 114 valence electrons. The summed E-state index contributed by atoms with van der Waals surface area (Å²) in [6, 6.07) is 12.0. The van der Waals surface area contributed by atoms with Crippen LogP contribution >= 0.6 is 0 Å². The Kier molecular flexibility index (Phi) is 4.78. The second-order valence-electron chi connectivity index (χ2n) is 4.89. The van der Waals surface area contributed by atoms with E-state index in [1.807, 2.05) is 19.1 Å². The third-order valence-electron chi connectivity index (χ3n) is 3.22. The van der Waals surface area contributed by atoms with E-state index in [2.05, 4.69) is 10.5 Å². The van der Waals surface area contributed by atoms with Crippen molar-refractivity contribution < 1.29 is 14.6 Å². The van der Waals surface area contributed by atoms with E-state index in [0.717, 1.165) is 5.56 Å². The van der Waals surface area contributed by atoms with Gasteiger partial charge in [0.25, 0.3) is 5.91 Å². The van der Waals surface area contributed by atoms with Crippen LogP contribution in [-0.2, 0) is 0 Å². The molecule has 2 N–H and O–H groups in total. The minimum Gasteiger partial charge on any atom is -0.507 e. The van der Waals surface area contributed by atoms with Gasteiger partial charge < -0.3 is 9.84 Å². The van der Waals surface area contributed by atoms with Crippen LogP contribution in [0.2, 0.25) is 0 Å². The molecule has 0 radical (unpaired) electrons. The van der Waals surface area contributed by atoms with Crippen LogP contribution in [-0.4, -0.2) is 23.8 Å². The molecule has 2 rings (SSSR count). The first-order valence-corrected chi connectivity index (χ1v) is 6.80. The summed E-state index contributed by atoms with van der Waals surface area (Å²) in [7, 11) is 1.57. The van der Waals surface area contributed by atoms with Crippen molar-refractivity contribution in [3.05, 3.63) is 59.2 Å². The van der Waals surface area contributed by atoms with Crippen LogP contribution in [0.5, 0.6) is 11.5 Å². The summed E-state index contributed by atoms with van der Waals surface area (Å²) in [6.07, 6.45) is 0. The number of nitrogens with one attached hydrogen (secondary N) is 1. The molecule has 0 saturated carbocycles. The highest BCUT2D eigenvalue weighted by Crippen LogP contribution is 2.19. The Balaban J connectivity index is 2.12. The number of methoxy groups -OCH3 is 1. The molecular formula is C17H18N2O3. The summed E-state index contributed by atoms with van der Waals surface area (Å²) < 4.78 is 5.04. The lowest BCUT2D eigenvalue weighted by atomic mass is 10.1. The highest BCUT2D eigenvalue weighted by Gasteiger charge is 2.07. The van der Waals surface area contributed by atoms with Gasteiger partial charge in [0.05, 0.1) is 12.8 Å². The fraction of sp³-hybridized carbons (Fsp3) is 0.176. The molecule has 0 fully saturated rings. The molecule has 0 unspecified atom stereocenters. The minimum atomic E-state index is -0.325. The molecular weight excluding hydrogens is 280 g/mol. The lowest BCUT2D eigenvalue weighted by Crippen LogP contribution is -2.19. The van der Waals surface area contributed by atoms with Crippen LogP contribution in [0.3, 0.4) is 0 Å². The van der Waals surface area contributed by atoms with Gasteiger partial charge in [0.1, 0.15) is 11.5 Å². The van der Waals surface area contributed by atoms with E-state index in [1.165, 1.54) is 0 Å². The second kappa shape index (κ2) is 6.76. The zero-order chi connectivity index (χ0) is 16.1. The van der Waals surface area contributed by atoms with Gasteiger partial charge in [0.15, 0.2) is 0 Å². The summed E-state index contributed by atoms with van der Waals surface area (Å²) in [6.45, 7) is 3.65. The summed E-state index contributed by atoms with van der Waals surface area (Å²) in [4.78, 5) is 12.0. The van der Waals surface area contributed by atoms with Crippen LogP contribution in [0.15, 0.2) is 47.6 Å². The fourth-order valence-corrected chi connectivity index (χ4v) is 1.94. The number of rotatable bonds is 4. The van der Waals surface area contributed by atoms with Gasteiger partial charge in [-0.1, -0.05) is 11.6 Å². The first-order chi connectivity index (χ1) is 10.5. The average molecular weight is 298 g/mol. The molecule has 0 heterocycles. The van der Waals surface area contributed by atoms with E-state index in [4.69, 9.17) is 4.74 Å². The molecule has 0 bridgehead atoms. The highest BCUT2D eigenvalue weighted by atomic mass is 16.5. The minimum absolute atomic E-state index is 0.130.